The lowest BCUT2D eigenvalue weighted by molar-refractivity contribution is -0.127. The molecule has 0 aliphatic heterocycles. The molecule has 0 saturated carbocycles. The van der Waals surface area contributed by atoms with Gasteiger partial charge in [-0.25, -0.2) is 0 Å². The molecule has 0 fully saturated rings. The van der Waals surface area contributed by atoms with Gasteiger partial charge < -0.3 is 15.4 Å². The number of benzene rings is 1. The van der Waals surface area contributed by atoms with Crippen molar-refractivity contribution in [1.29, 1.82) is 0 Å². The molecule has 1 amide bonds. The van der Waals surface area contributed by atoms with E-state index in [4.69, 9.17) is 4.74 Å². The lowest BCUT2D eigenvalue weighted by Crippen LogP contribution is -2.36. The molecule has 0 saturated heterocycles. The van der Waals surface area contributed by atoms with Gasteiger partial charge in [0.25, 0.3) is 5.91 Å². The summed E-state index contributed by atoms with van der Waals surface area (Å²) in [4.78, 5) is 11.6. The van der Waals surface area contributed by atoms with E-state index in [1.54, 1.807) is 6.92 Å². The number of likely N-dealkylation sites (N-methyl/N-ethyl adjacent to an activating group) is 1. The SMILES string of the molecule is CCNC(=O)C(C)Oc1ccc(CCC(C)NCC)cc1. The Hall–Kier alpha value is -1.55. The highest BCUT2D eigenvalue weighted by Crippen LogP contribution is 2.15. The Bertz CT molecular complexity index is 417. The molecular weight excluding hydrogens is 264 g/mol. The molecule has 0 aromatic heterocycles. The normalized spacial score (nSPS) is 13.5. The van der Waals surface area contributed by atoms with E-state index < -0.39 is 6.10 Å². The summed E-state index contributed by atoms with van der Waals surface area (Å²) in [5.41, 5.74) is 1.29. The van der Waals surface area contributed by atoms with E-state index in [1.807, 2.05) is 19.1 Å². The lowest BCUT2D eigenvalue weighted by atomic mass is 10.1. The van der Waals surface area contributed by atoms with Gasteiger partial charge in [-0.05, 0) is 57.9 Å². The minimum atomic E-state index is -0.468. The summed E-state index contributed by atoms with van der Waals surface area (Å²) in [5, 5.41) is 6.16. The summed E-state index contributed by atoms with van der Waals surface area (Å²) in [5.74, 6) is 0.651. The van der Waals surface area contributed by atoms with Gasteiger partial charge in [0.05, 0.1) is 0 Å². The minimum Gasteiger partial charge on any atom is -0.481 e. The van der Waals surface area contributed by atoms with Gasteiger partial charge in [-0.3, -0.25) is 4.79 Å². The molecule has 0 radical (unpaired) electrons. The third kappa shape index (κ3) is 6.63. The van der Waals surface area contributed by atoms with Crippen molar-refractivity contribution >= 4 is 5.91 Å². The van der Waals surface area contributed by atoms with Gasteiger partial charge in [0.2, 0.25) is 0 Å². The largest absolute Gasteiger partial charge is 0.481 e. The third-order valence-electron chi connectivity index (χ3n) is 3.38. The summed E-state index contributed by atoms with van der Waals surface area (Å²) < 4.78 is 5.62. The fraction of sp³-hybridized carbons (Fsp3) is 0.588. The van der Waals surface area contributed by atoms with Crippen molar-refractivity contribution < 1.29 is 9.53 Å². The minimum absolute atomic E-state index is 0.0824. The van der Waals surface area contributed by atoms with Crippen LogP contribution in [0.25, 0.3) is 0 Å². The van der Waals surface area contributed by atoms with Crippen LogP contribution in [0.3, 0.4) is 0 Å². The second kappa shape index (κ2) is 9.40. The van der Waals surface area contributed by atoms with Crippen LogP contribution >= 0.6 is 0 Å². The highest BCUT2D eigenvalue weighted by molar-refractivity contribution is 5.80. The van der Waals surface area contributed by atoms with Crippen LogP contribution in [-0.4, -0.2) is 31.1 Å². The molecular formula is C17H28N2O2. The predicted octanol–water partition coefficient (Wildman–Crippen LogP) is 2.52. The van der Waals surface area contributed by atoms with Gasteiger partial charge in [-0.1, -0.05) is 19.1 Å². The molecule has 21 heavy (non-hydrogen) atoms. The van der Waals surface area contributed by atoms with Crippen LogP contribution in [0.4, 0.5) is 0 Å². The van der Waals surface area contributed by atoms with Gasteiger partial charge in [0, 0.05) is 12.6 Å². The molecule has 0 spiro atoms. The van der Waals surface area contributed by atoms with Crippen molar-refractivity contribution in [1.82, 2.24) is 10.6 Å². The molecule has 2 N–H and O–H groups in total. The fourth-order valence-electron chi connectivity index (χ4n) is 2.14. The highest BCUT2D eigenvalue weighted by Gasteiger charge is 2.13. The summed E-state index contributed by atoms with van der Waals surface area (Å²) in [6, 6.07) is 8.53. The number of carbonyl (C=O) groups is 1. The molecule has 2 unspecified atom stereocenters. The van der Waals surface area contributed by atoms with Crippen LogP contribution in [0.1, 0.15) is 39.7 Å². The van der Waals surface area contributed by atoms with Crippen molar-refractivity contribution in [3.8, 4) is 5.75 Å². The van der Waals surface area contributed by atoms with Gasteiger partial charge in [-0.2, -0.15) is 0 Å². The van der Waals surface area contributed by atoms with E-state index in [9.17, 15) is 4.79 Å². The number of carbonyl (C=O) groups excluding carboxylic acids is 1. The number of hydrogen-bond donors (Lipinski definition) is 2. The van der Waals surface area contributed by atoms with Crippen molar-refractivity contribution in [2.45, 2.75) is 52.7 Å². The second-order valence-electron chi connectivity index (χ2n) is 5.30. The van der Waals surface area contributed by atoms with Crippen LogP contribution in [-0.2, 0) is 11.2 Å². The Labute approximate surface area is 128 Å². The van der Waals surface area contributed by atoms with Gasteiger partial charge in [0.15, 0.2) is 6.10 Å². The van der Waals surface area contributed by atoms with E-state index in [-0.39, 0.29) is 5.91 Å². The molecule has 0 aliphatic rings. The molecule has 118 valence electrons. The van der Waals surface area contributed by atoms with Crippen molar-refractivity contribution in [2.24, 2.45) is 0 Å². The van der Waals surface area contributed by atoms with Crippen LogP contribution in [0.5, 0.6) is 5.75 Å². The van der Waals surface area contributed by atoms with E-state index in [1.165, 1.54) is 5.56 Å². The summed E-state index contributed by atoms with van der Waals surface area (Å²) in [6.07, 6.45) is 1.69. The lowest BCUT2D eigenvalue weighted by Gasteiger charge is -2.15. The fourth-order valence-corrected chi connectivity index (χ4v) is 2.14. The quantitative estimate of drug-likeness (QED) is 0.735. The first-order valence-electron chi connectivity index (χ1n) is 7.83. The third-order valence-corrected chi connectivity index (χ3v) is 3.38. The maximum absolute atomic E-state index is 11.6. The van der Waals surface area contributed by atoms with Crippen molar-refractivity contribution in [2.75, 3.05) is 13.1 Å². The van der Waals surface area contributed by atoms with Gasteiger partial charge >= 0.3 is 0 Å². The smallest absolute Gasteiger partial charge is 0.260 e. The first kappa shape index (κ1) is 17.5. The molecule has 1 rings (SSSR count). The molecule has 0 aliphatic carbocycles. The average molecular weight is 292 g/mol. The Balaban J connectivity index is 2.44. The number of hydrogen-bond acceptors (Lipinski definition) is 3. The Morgan fingerprint density at radius 1 is 1.14 bits per heavy atom. The first-order valence-corrected chi connectivity index (χ1v) is 7.83. The maximum atomic E-state index is 11.6. The van der Waals surface area contributed by atoms with Crippen molar-refractivity contribution in [3.63, 3.8) is 0 Å². The predicted molar refractivity (Wildman–Crippen MR) is 86.7 cm³/mol. The van der Waals surface area contributed by atoms with Crippen LogP contribution in [0, 0.1) is 0 Å². The van der Waals surface area contributed by atoms with Crippen molar-refractivity contribution in [3.05, 3.63) is 29.8 Å². The number of nitrogens with one attached hydrogen (secondary N) is 2. The zero-order valence-corrected chi connectivity index (χ0v) is 13.6. The number of aryl methyl sites for hydroxylation is 1. The Kier molecular flexibility index (Phi) is 7.83. The molecule has 0 bridgehead atoms. The molecule has 2 atom stereocenters. The maximum Gasteiger partial charge on any atom is 0.260 e. The standard InChI is InChI=1S/C17H28N2O2/c1-5-18-13(3)7-8-15-9-11-16(12-10-15)21-14(4)17(20)19-6-2/h9-14,18H,5-8H2,1-4H3,(H,19,20). The van der Waals surface area contributed by atoms with E-state index in [0.29, 0.717) is 12.6 Å². The monoisotopic (exact) mass is 292 g/mol. The number of ether oxygens (including phenoxy) is 1. The summed E-state index contributed by atoms with van der Waals surface area (Å²) >= 11 is 0. The molecule has 4 nitrogen and oxygen atoms in total. The summed E-state index contributed by atoms with van der Waals surface area (Å²) in [7, 11) is 0. The Morgan fingerprint density at radius 2 is 1.81 bits per heavy atom. The average Bonchev–Trinajstić information content (AvgIpc) is 2.47. The molecule has 1 aromatic carbocycles. The molecule has 4 heteroatoms. The van der Waals surface area contributed by atoms with E-state index >= 15 is 0 Å². The first-order chi connectivity index (χ1) is 10.1. The van der Waals surface area contributed by atoms with E-state index in [0.717, 1.165) is 25.1 Å². The van der Waals surface area contributed by atoms with Gasteiger partial charge in [-0.15, -0.1) is 0 Å². The summed E-state index contributed by atoms with van der Waals surface area (Å²) in [6.45, 7) is 9.61. The second-order valence-corrected chi connectivity index (χ2v) is 5.30. The molecule has 0 heterocycles. The zero-order chi connectivity index (χ0) is 15.7. The zero-order valence-electron chi connectivity index (χ0n) is 13.6. The topological polar surface area (TPSA) is 50.4 Å². The highest BCUT2D eigenvalue weighted by atomic mass is 16.5. The van der Waals surface area contributed by atoms with Crippen LogP contribution in [0.15, 0.2) is 24.3 Å². The van der Waals surface area contributed by atoms with Gasteiger partial charge in [0.1, 0.15) is 5.75 Å². The number of amides is 1. The van der Waals surface area contributed by atoms with Crippen LogP contribution in [0.2, 0.25) is 0 Å². The molecule has 1 aromatic rings. The van der Waals surface area contributed by atoms with Crippen LogP contribution < -0.4 is 15.4 Å². The Morgan fingerprint density at radius 3 is 2.38 bits per heavy atom. The number of rotatable bonds is 9. The van der Waals surface area contributed by atoms with E-state index in [2.05, 4.69) is 36.6 Å².